The van der Waals surface area contributed by atoms with Gasteiger partial charge < -0.3 is 14.5 Å². The third kappa shape index (κ3) is 4.10. The first-order valence-electron chi connectivity index (χ1n) is 8.63. The summed E-state index contributed by atoms with van der Waals surface area (Å²) in [6, 6.07) is 16.7. The van der Waals surface area contributed by atoms with Crippen LogP contribution in [0.3, 0.4) is 0 Å². The predicted molar refractivity (Wildman–Crippen MR) is 108 cm³/mol. The number of thiophene rings is 1. The molecule has 1 amide bonds. The Balaban J connectivity index is 1.49. The van der Waals surface area contributed by atoms with Crippen molar-refractivity contribution in [2.24, 2.45) is 0 Å². The predicted octanol–water partition coefficient (Wildman–Crippen LogP) is 4.94. The topological polar surface area (TPSA) is 77.3 Å². The number of anilines is 1. The van der Waals surface area contributed by atoms with E-state index < -0.39 is 0 Å². The quantitative estimate of drug-likeness (QED) is 0.504. The van der Waals surface area contributed by atoms with Crippen molar-refractivity contribution >= 4 is 22.9 Å². The highest BCUT2D eigenvalue weighted by Gasteiger charge is 2.12. The van der Waals surface area contributed by atoms with E-state index >= 15 is 0 Å². The molecule has 140 valence electrons. The van der Waals surface area contributed by atoms with Crippen LogP contribution in [0.5, 0.6) is 5.75 Å². The van der Waals surface area contributed by atoms with Gasteiger partial charge >= 0.3 is 0 Å². The molecule has 2 aromatic carbocycles. The van der Waals surface area contributed by atoms with Gasteiger partial charge in [0.2, 0.25) is 12.3 Å². The Hall–Kier alpha value is -3.45. The summed E-state index contributed by atoms with van der Waals surface area (Å²) < 4.78 is 11.0. The molecule has 0 aliphatic carbocycles. The summed E-state index contributed by atoms with van der Waals surface area (Å²) in [4.78, 5) is 13.9. The second-order valence-electron chi connectivity index (χ2n) is 6.12. The van der Waals surface area contributed by atoms with E-state index in [-0.39, 0.29) is 5.91 Å². The summed E-state index contributed by atoms with van der Waals surface area (Å²) >= 11 is 1.63. The molecule has 0 atom stereocenters. The second kappa shape index (κ2) is 8.06. The number of hydrogen-bond donors (Lipinski definition) is 1. The van der Waals surface area contributed by atoms with Gasteiger partial charge in [-0.25, -0.2) is 0 Å². The zero-order chi connectivity index (χ0) is 19.3. The zero-order valence-corrected chi connectivity index (χ0v) is 15.9. The standard InChI is InChI=1S/C21H17N3O3S/c1-14-7-8-16(21-24-22-13-27-21)11-19(14)23-20(25)15-4-2-5-17(10-15)26-12-18-6-3-9-28-18/h2-11,13H,12H2,1H3,(H,23,25). The van der Waals surface area contributed by atoms with E-state index in [1.54, 1.807) is 29.5 Å². The van der Waals surface area contributed by atoms with Gasteiger partial charge in [-0.05, 0) is 54.3 Å². The second-order valence-corrected chi connectivity index (χ2v) is 7.16. The lowest BCUT2D eigenvalue weighted by Gasteiger charge is -2.11. The number of aryl methyl sites for hydroxylation is 1. The van der Waals surface area contributed by atoms with Gasteiger partial charge in [0.15, 0.2) is 0 Å². The van der Waals surface area contributed by atoms with E-state index in [4.69, 9.17) is 9.15 Å². The third-order valence-corrected chi connectivity index (χ3v) is 5.00. The van der Waals surface area contributed by atoms with Crippen LogP contribution < -0.4 is 10.1 Å². The van der Waals surface area contributed by atoms with E-state index in [1.807, 2.05) is 48.7 Å². The molecular weight excluding hydrogens is 374 g/mol. The van der Waals surface area contributed by atoms with Gasteiger partial charge in [-0.1, -0.05) is 18.2 Å². The fourth-order valence-corrected chi connectivity index (χ4v) is 3.28. The van der Waals surface area contributed by atoms with E-state index in [0.29, 0.717) is 29.5 Å². The molecule has 0 saturated carbocycles. The van der Waals surface area contributed by atoms with Crippen LogP contribution in [0.2, 0.25) is 0 Å². The molecule has 28 heavy (non-hydrogen) atoms. The largest absolute Gasteiger partial charge is 0.488 e. The van der Waals surface area contributed by atoms with Crippen molar-refractivity contribution in [3.8, 4) is 17.2 Å². The molecule has 1 N–H and O–H groups in total. The minimum atomic E-state index is -0.215. The molecule has 0 saturated heterocycles. The van der Waals surface area contributed by atoms with Gasteiger partial charge in [-0.3, -0.25) is 4.79 Å². The minimum Gasteiger partial charge on any atom is -0.488 e. The van der Waals surface area contributed by atoms with Crippen LogP contribution in [0.1, 0.15) is 20.8 Å². The van der Waals surface area contributed by atoms with E-state index in [2.05, 4.69) is 15.5 Å². The van der Waals surface area contributed by atoms with Crippen molar-refractivity contribution in [1.29, 1.82) is 0 Å². The first-order chi connectivity index (χ1) is 13.7. The average Bonchev–Trinajstić information content (AvgIpc) is 3.42. The molecule has 0 spiro atoms. The Labute approximate surface area is 165 Å². The van der Waals surface area contributed by atoms with Crippen LogP contribution in [0, 0.1) is 6.92 Å². The fraction of sp³-hybridized carbons (Fsp3) is 0.0952. The van der Waals surface area contributed by atoms with Crippen molar-refractivity contribution in [1.82, 2.24) is 10.2 Å². The van der Waals surface area contributed by atoms with Crippen LogP contribution in [0.25, 0.3) is 11.5 Å². The Morgan fingerprint density at radius 3 is 2.89 bits per heavy atom. The molecule has 0 fully saturated rings. The molecule has 4 aromatic rings. The molecule has 0 radical (unpaired) electrons. The van der Waals surface area contributed by atoms with Crippen LogP contribution in [-0.2, 0) is 6.61 Å². The SMILES string of the molecule is Cc1ccc(-c2nnco2)cc1NC(=O)c1cccc(OCc2cccs2)c1. The molecule has 2 aromatic heterocycles. The number of ether oxygens (including phenoxy) is 1. The van der Waals surface area contributed by atoms with Gasteiger partial charge in [-0.2, -0.15) is 0 Å². The summed E-state index contributed by atoms with van der Waals surface area (Å²) in [5.41, 5.74) is 2.88. The van der Waals surface area contributed by atoms with Gasteiger partial charge in [0.05, 0.1) is 0 Å². The summed E-state index contributed by atoms with van der Waals surface area (Å²) in [6.07, 6.45) is 1.27. The highest BCUT2D eigenvalue weighted by Crippen LogP contribution is 2.25. The van der Waals surface area contributed by atoms with Gasteiger partial charge in [0.25, 0.3) is 5.91 Å². The molecule has 0 unspecified atom stereocenters. The number of hydrogen-bond acceptors (Lipinski definition) is 6. The number of carbonyl (C=O) groups is 1. The number of benzene rings is 2. The highest BCUT2D eigenvalue weighted by atomic mass is 32.1. The van der Waals surface area contributed by atoms with Crippen LogP contribution in [0.15, 0.2) is 70.8 Å². The molecule has 0 aliphatic rings. The van der Waals surface area contributed by atoms with Gasteiger partial charge in [0, 0.05) is 21.7 Å². The molecule has 7 heteroatoms. The zero-order valence-electron chi connectivity index (χ0n) is 15.1. The lowest BCUT2D eigenvalue weighted by molar-refractivity contribution is 0.102. The van der Waals surface area contributed by atoms with Gasteiger partial charge in [-0.15, -0.1) is 21.5 Å². The first-order valence-corrected chi connectivity index (χ1v) is 9.51. The van der Waals surface area contributed by atoms with Gasteiger partial charge in [0.1, 0.15) is 12.4 Å². The van der Waals surface area contributed by atoms with Crippen molar-refractivity contribution in [3.63, 3.8) is 0 Å². The van der Waals surface area contributed by atoms with Crippen LogP contribution in [0.4, 0.5) is 5.69 Å². The lowest BCUT2D eigenvalue weighted by Crippen LogP contribution is -2.13. The summed E-state index contributed by atoms with van der Waals surface area (Å²) in [7, 11) is 0. The average molecular weight is 391 g/mol. The minimum absolute atomic E-state index is 0.215. The van der Waals surface area contributed by atoms with E-state index in [1.165, 1.54) is 6.39 Å². The smallest absolute Gasteiger partial charge is 0.255 e. The molecule has 2 heterocycles. The van der Waals surface area contributed by atoms with Crippen molar-refractivity contribution < 1.29 is 13.9 Å². The third-order valence-electron chi connectivity index (χ3n) is 4.15. The maximum atomic E-state index is 12.7. The van der Waals surface area contributed by atoms with Crippen molar-refractivity contribution in [3.05, 3.63) is 82.4 Å². The van der Waals surface area contributed by atoms with Crippen LogP contribution >= 0.6 is 11.3 Å². The Bertz CT molecular complexity index is 1080. The number of rotatable bonds is 6. The van der Waals surface area contributed by atoms with Crippen LogP contribution in [-0.4, -0.2) is 16.1 Å². The Morgan fingerprint density at radius 2 is 2.11 bits per heavy atom. The Kier molecular flexibility index (Phi) is 5.16. The molecule has 4 rings (SSSR count). The first kappa shape index (κ1) is 17.9. The highest BCUT2D eigenvalue weighted by molar-refractivity contribution is 7.09. The summed E-state index contributed by atoms with van der Waals surface area (Å²) in [6.45, 7) is 2.40. The molecular formula is C21H17N3O3S. The normalized spacial score (nSPS) is 10.6. The monoisotopic (exact) mass is 391 g/mol. The number of aromatic nitrogens is 2. The summed E-state index contributed by atoms with van der Waals surface area (Å²) in [5.74, 6) is 0.837. The lowest BCUT2D eigenvalue weighted by atomic mass is 10.1. The van der Waals surface area contributed by atoms with Crippen molar-refractivity contribution in [2.45, 2.75) is 13.5 Å². The van der Waals surface area contributed by atoms with E-state index in [9.17, 15) is 4.79 Å². The molecule has 0 aliphatic heterocycles. The van der Waals surface area contributed by atoms with E-state index in [0.717, 1.165) is 16.0 Å². The molecule has 6 nitrogen and oxygen atoms in total. The number of amides is 1. The number of nitrogens with zero attached hydrogens (tertiary/aromatic N) is 2. The maximum absolute atomic E-state index is 12.7. The van der Waals surface area contributed by atoms with Crippen molar-refractivity contribution in [2.75, 3.05) is 5.32 Å². The molecule has 0 bridgehead atoms. The summed E-state index contributed by atoms with van der Waals surface area (Å²) in [5, 5.41) is 12.5. The number of nitrogens with one attached hydrogen (secondary N) is 1. The fourth-order valence-electron chi connectivity index (χ4n) is 2.66. The number of carbonyl (C=O) groups excluding carboxylic acids is 1. The maximum Gasteiger partial charge on any atom is 0.255 e. The Morgan fingerprint density at radius 1 is 1.18 bits per heavy atom.